The molecule has 0 bridgehead atoms. The van der Waals surface area contributed by atoms with Gasteiger partial charge in [-0.3, -0.25) is 0 Å². The molecule has 1 N–H and O–H groups in total. The summed E-state index contributed by atoms with van der Waals surface area (Å²) in [6.45, 7) is 6.19. The predicted octanol–water partition coefficient (Wildman–Crippen LogP) is 4.20. The smallest absolute Gasteiger partial charge is 0.123 e. The zero-order valence-electron chi connectivity index (χ0n) is 11.2. The molecule has 0 saturated carbocycles. The first kappa shape index (κ1) is 15.8. The van der Waals surface area contributed by atoms with Crippen molar-refractivity contribution in [1.29, 1.82) is 0 Å². The highest BCUT2D eigenvalue weighted by Crippen LogP contribution is 2.24. The minimum absolute atomic E-state index is 0.223. The Morgan fingerprint density at radius 3 is 2.72 bits per heavy atom. The van der Waals surface area contributed by atoms with Gasteiger partial charge in [0.05, 0.1) is 7.11 Å². The molecule has 1 aromatic carbocycles. The molecule has 0 spiro atoms. The van der Waals surface area contributed by atoms with Crippen LogP contribution in [0.15, 0.2) is 22.7 Å². The Morgan fingerprint density at radius 2 is 2.11 bits per heavy atom. The van der Waals surface area contributed by atoms with Crippen molar-refractivity contribution in [2.45, 2.75) is 26.8 Å². The Balaban J connectivity index is 2.55. The molecular formula is C14H21BrClNO. The van der Waals surface area contributed by atoms with E-state index in [1.54, 1.807) is 7.11 Å². The zero-order valence-corrected chi connectivity index (χ0v) is 13.6. The first-order chi connectivity index (χ1) is 8.48. The number of benzene rings is 1. The molecule has 0 aromatic heterocycles. The van der Waals surface area contributed by atoms with Crippen LogP contribution in [0.3, 0.4) is 0 Å². The lowest BCUT2D eigenvalue weighted by atomic mass is 9.90. The first-order valence-corrected chi connectivity index (χ1v) is 7.40. The lowest BCUT2D eigenvalue weighted by Crippen LogP contribution is -2.29. The molecule has 1 aromatic rings. The maximum Gasteiger partial charge on any atom is 0.123 e. The second-order valence-corrected chi connectivity index (χ2v) is 6.46. The van der Waals surface area contributed by atoms with Gasteiger partial charge in [-0.05, 0) is 30.0 Å². The zero-order chi connectivity index (χ0) is 13.6. The van der Waals surface area contributed by atoms with Crippen LogP contribution < -0.4 is 10.1 Å². The summed E-state index contributed by atoms with van der Waals surface area (Å²) in [6, 6.07) is 6.05. The number of hydrogen-bond donors (Lipinski definition) is 1. The fourth-order valence-corrected chi connectivity index (χ4v) is 2.69. The number of rotatable bonds is 7. The molecule has 1 rings (SSSR count). The van der Waals surface area contributed by atoms with E-state index >= 15 is 0 Å². The van der Waals surface area contributed by atoms with Crippen molar-refractivity contribution in [3.63, 3.8) is 0 Å². The van der Waals surface area contributed by atoms with E-state index in [9.17, 15) is 0 Å². The van der Waals surface area contributed by atoms with Crippen LogP contribution in [0.25, 0.3) is 0 Å². The SMILES string of the molecule is COc1ccc(Br)cc1CNCC(C)(C)CCCl. The molecule has 0 atom stereocenters. The molecule has 18 heavy (non-hydrogen) atoms. The summed E-state index contributed by atoms with van der Waals surface area (Å²) in [4.78, 5) is 0. The van der Waals surface area contributed by atoms with Crippen LogP contribution >= 0.6 is 27.5 Å². The van der Waals surface area contributed by atoms with Gasteiger partial charge in [-0.2, -0.15) is 0 Å². The second kappa shape index (κ2) is 7.37. The average molecular weight is 335 g/mol. The van der Waals surface area contributed by atoms with Gasteiger partial charge in [0.15, 0.2) is 0 Å². The van der Waals surface area contributed by atoms with Crippen molar-refractivity contribution in [3.8, 4) is 5.75 Å². The van der Waals surface area contributed by atoms with Crippen molar-refractivity contribution < 1.29 is 4.74 Å². The van der Waals surface area contributed by atoms with E-state index in [2.05, 4.69) is 41.2 Å². The molecule has 102 valence electrons. The molecule has 2 nitrogen and oxygen atoms in total. The third-order valence-corrected chi connectivity index (χ3v) is 3.61. The molecule has 0 amide bonds. The summed E-state index contributed by atoms with van der Waals surface area (Å²) in [5.74, 6) is 1.62. The summed E-state index contributed by atoms with van der Waals surface area (Å²) in [5.41, 5.74) is 1.38. The minimum atomic E-state index is 0.223. The van der Waals surface area contributed by atoms with Gasteiger partial charge in [-0.15, -0.1) is 11.6 Å². The van der Waals surface area contributed by atoms with Gasteiger partial charge in [0.25, 0.3) is 0 Å². The van der Waals surface area contributed by atoms with E-state index in [0.717, 1.165) is 35.3 Å². The maximum atomic E-state index is 5.80. The Labute approximate surface area is 123 Å². The topological polar surface area (TPSA) is 21.3 Å². The largest absolute Gasteiger partial charge is 0.496 e. The standard InChI is InChI=1S/C14H21BrClNO/c1-14(2,6-7-16)10-17-9-11-8-12(15)4-5-13(11)18-3/h4-5,8,17H,6-7,9-10H2,1-3H3. The molecular weight excluding hydrogens is 314 g/mol. The molecule has 0 radical (unpaired) electrons. The number of halogens is 2. The van der Waals surface area contributed by atoms with Crippen molar-refractivity contribution >= 4 is 27.5 Å². The second-order valence-electron chi connectivity index (χ2n) is 5.16. The molecule has 0 aliphatic rings. The average Bonchev–Trinajstić information content (AvgIpc) is 2.29. The Hall–Kier alpha value is -0.250. The number of nitrogens with one attached hydrogen (secondary N) is 1. The monoisotopic (exact) mass is 333 g/mol. The highest BCUT2D eigenvalue weighted by atomic mass is 79.9. The molecule has 0 heterocycles. The summed E-state index contributed by atoms with van der Waals surface area (Å²) in [6.07, 6.45) is 1.01. The molecule has 0 fully saturated rings. The van der Waals surface area contributed by atoms with Crippen molar-refractivity contribution in [2.24, 2.45) is 5.41 Å². The molecule has 4 heteroatoms. The first-order valence-electron chi connectivity index (χ1n) is 6.07. The van der Waals surface area contributed by atoms with E-state index in [4.69, 9.17) is 16.3 Å². The fraction of sp³-hybridized carbons (Fsp3) is 0.571. The van der Waals surface area contributed by atoms with Gasteiger partial charge < -0.3 is 10.1 Å². The normalized spacial score (nSPS) is 11.6. The van der Waals surface area contributed by atoms with Crippen molar-refractivity contribution in [2.75, 3.05) is 19.5 Å². The summed E-state index contributed by atoms with van der Waals surface area (Å²) in [5, 5.41) is 3.47. The maximum absolute atomic E-state index is 5.80. The highest BCUT2D eigenvalue weighted by Gasteiger charge is 2.16. The minimum Gasteiger partial charge on any atom is -0.496 e. The van der Waals surface area contributed by atoms with Crippen LogP contribution in [0, 0.1) is 5.41 Å². The van der Waals surface area contributed by atoms with Gasteiger partial charge in [-0.25, -0.2) is 0 Å². The lowest BCUT2D eigenvalue weighted by molar-refractivity contribution is 0.327. The number of methoxy groups -OCH3 is 1. The highest BCUT2D eigenvalue weighted by molar-refractivity contribution is 9.10. The Bertz CT molecular complexity index is 382. The van der Waals surface area contributed by atoms with Crippen LogP contribution in [-0.4, -0.2) is 19.5 Å². The summed E-state index contributed by atoms with van der Waals surface area (Å²) < 4.78 is 6.42. The molecule has 0 aliphatic carbocycles. The molecule has 0 aliphatic heterocycles. The fourth-order valence-electron chi connectivity index (χ4n) is 1.77. The van der Waals surface area contributed by atoms with Crippen LogP contribution in [0.1, 0.15) is 25.8 Å². The Morgan fingerprint density at radius 1 is 1.39 bits per heavy atom. The third-order valence-electron chi connectivity index (χ3n) is 2.93. The van der Waals surface area contributed by atoms with Crippen LogP contribution in [-0.2, 0) is 6.54 Å². The van der Waals surface area contributed by atoms with Crippen LogP contribution in [0.5, 0.6) is 5.75 Å². The van der Waals surface area contributed by atoms with Gasteiger partial charge in [0.2, 0.25) is 0 Å². The third kappa shape index (κ3) is 5.17. The Kier molecular flexibility index (Phi) is 6.47. The van der Waals surface area contributed by atoms with E-state index in [1.807, 2.05) is 12.1 Å². The lowest BCUT2D eigenvalue weighted by Gasteiger charge is -2.24. The predicted molar refractivity (Wildman–Crippen MR) is 81.5 cm³/mol. The number of hydrogen-bond acceptors (Lipinski definition) is 2. The van der Waals surface area contributed by atoms with Crippen LogP contribution in [0.4, 0.5) is 0 Å². The van der Waals surface area contributed by atoms with Crippen molar-refractivity contribution in [3.05, 3.63) is 28.2 Å². The van der Waals surface area contributed by atoms with Gasteiger partial charge in [0.1, 0.15) is 5.75 Å². The summed E-state index contributed by atoms with van der Waals surface area (Å²) >= 11 is 9.28. The molecule has 0 unspecified atom stereocenters. The van der Waals surface area contributed by atoms with E-state index in [-0.39, 0.29) is 5.41 Å². The van der Waals surface area contributed by atoms with E-state index in [0.29, 0.717) is 5.88 Å². The molecule has 0 saturated heterocycles. The van der Waals surface area contributed by atoms with E-state index in [1.165, 1.54) is 0 Å². The van der Waals surface area contributed by atoms with Crippen molar-refractivity contribution in [1.82, 2.24) is 5.32 Å². The van der Waals surface area contributed by atoms with E-state index < -0.39 is 0 Å². The van der Waals surface area contributed by atoms with Gasteiger partial charge in [0, 0.05) is 29.0 Å². The van der Waals surface area contributed by atoms with Gasteiger partial charge in [-0.1, -0.05) is 29.8 Å². The quantitative estimate of drug-likeness (QED) is 0.754. The number of ether oxygens (including phenoxy) is 1. The van der Waals surface area contributed by atoms with Gasteiger partial charge >= 0.3 is 0 Å². The van der Waals surface area contributed by atoms with Crippen LogP contribution in [0.2, 0.25) is 0 Å². The number of alkyl halides is 1. The summed E-state index contributed by atoms with van der Waals surface area (Å²) in [7, 11) is 1.70.